The van der Waals surface area contributed by atoms with Gasteiger partial charge in [0.2, 0.25) is 0 Å². The number of anilines is 2. The number of aromatic nitrogens is 1. The first kappa shape index (κ1) is 17.3. The summed E-state index contributed by atoms with van der Waals surface area (Å²) in [7, 11) is 0. The van der Waals surface area contributed by atoms with Gasteiger partial charge >= 0.3 is 6.03 Å². The number of hydrogen-bond acceptors (Lipinski definition) is 6. The number of halogens is 1. The standard InChI is InChI=1S/C16H13ClN4O3S2/c17-10-5-9(19-14(22)11-6-26-8-18-11)1-2-12(10)21-15(23)13-7-25-4-3-20(13)16(21)24/h1-2,5-6,8,13H,3-4,7H2,(H,19,22). The van der Waals surface area contributed by atoms with Crippen LogP contribution in [0, 0.1) is 0 Å². The molecule has 2 saturated heterocycles. The number of nitrogens with zero attached hydrogens (tertiary/aromatic N) is 3. The molecule has 3 heterocycles. The molecule has 2 fully saturated rings. The summed E-state index contributed by atoms with van der Waals surface area (Å²) in [6, 6.07) is 3.93. The molecule has 1 atom stereocenters. The molecule has 4 amide bonds. The molecule has 0 aliphatic carbocycles. The molecule has 2 aromatic rings. The number of benzene rings is 1. The topological polar surface area (TPSA) is 82.6 Å². The van der Waals surface area contributed by atoms with Gasteiger partial charge in [-0.1, -0.05) is 11.6 Å². The van der Waals surface area contributed by atoms with E-state index >= 15 is 0 Å². The van der Waals surface area contributed by atoms with Crippen molar-refractivity contribution in [3.8, 4) is 0 Å². The van der Waals surface area contributed by atoms with E-state index in [1.807, 2.05) is 0 Å². The molecule has 26 heavy (non-hydrogen) atoms. The van der Waals surface area contributed by atoms with Crippen LogP contribution in [0.1, 0.15) is 10.5 Å². The summed E-state index contributed by atoms with van der Waals surface area (Å²) in [4.78, 5) is 44.0. The van der Waals surface area contributed by atoms with Gasteiger partial charge in [0.15, 0.2) is 0 Å². The first-order valence-electron chi connectivity index (χ1n) is 7.77. The van der Waals surface area contributed by atoms with Crippen LogP contribution in [0.15, 0.2) is 29.1 Å². The van der Waals surface area contributed by atoms with E-state index in [1.165, 1.54) is 17.4 Å². The predicted octanol–water partition coefficient (Wildman–Crippen LogP) is 2.93. The Bertz CT molecular complexity index is 866. The molecule has 2 aliphatic rings. The van der Waals surface area contributed by atoms with Crippen molar-refractivity contribution < 1.29 is 14.4 Å². The van der Waals surface area contributed by atoms with Crippen molar-refractivity contribution in [3.63, 3.8) is 0 Å². The molecule has 0 bridgehead atoms. The molecular formula is C16H13ClN4O3S2. The number of nitrogens with one attached hydrogen (secondary N) is 1. The SMILES string of the molecule is O=C(Nc1ccc(N2C(=O)C3CSCCN3C2=O)c(Cl)c1)c1cscn1. The van der Waals surface area contributed by atoms with Crippen LogP contribution in [0.2, 0.25) is 5.02 Å². The molecule has 1 unspecified atom stereocenters. The van der Waals surface area contributed by atoms with Crippen molar-refractivity contribution >= 4 is 63.9 Å². The molecule has 1 aromatic carbocycles. The number of imide groups is 1. The fourth-order valence-electron chi connectivity index (χ4n) is 2.92. The summed E-state index contributed by atoms with van der Waals surface area (Å²) in [6.45, 7) is 0.551. The summed E-state index contributed by atoms with van der Waals surface area (Å²) < 4.78 is 0. The van der Waals surface area contributed by atoms with Gasteiger partial charge in [-0.05, 0) is 18.2 Å². The van der Waals surface area contributed by atoms with Crippen molar-refractivity contribution in [1.29, 1.82) is 0 Å². The third-order valence-electron chi connectivity index (χ3n) is 4.18. The Morgan fingerprint density at radius 2 is 2.19 bits per heavy atom. The van der Waals surface area contributed by atoms with Crippen LogP contribution in [-0.2, 0) is 4.79 Å². The van der Waals surface area contributed by atoms with E-state index in [0.29, 0.717) is 29.4 Å². The van der Waals surface area contributed by atoms with Gasteiger partial charge in [0, 0.05) is 29.1 Å². The van der Waals surface area contributed by atoms with E-state index in [4.69, 9.17) is 11.6 Å². The lowest BCUT2D eigenvalue weighted by Gasteiger charge is -2.25. The van der Waals surface area contributed by atoms with Gasteiger partial charge in [-0.2, -0.15) is 11.8 Å². The highest BCUT2D eigenvalue weighted by Gasteiger charge is 2.47. The summed E-state index contributed by atoms with van der Waals surface area (Å²) >= 11 is 9.30. The largest absolute Gasteiger partial charge is 0.332 e. The Balaban J connectivity index is 1.57. The zero-order valence-electron chi connectivity index (χ0n) is 13.3. The first-order valence-corrected chi connectivity index (χ1v) is 10.2. The van der Waals surface area contributed by atoms with Gasteiger partial charge in [0.25, 0.3) is 11.8 Å². The summed E-state index contributed by atoms with van der Waals surface area (Å²) in [6.07, 6.45) is 0. The van der Waals surface area contributed by atoms with Crippen molar-refractivity contribution in [1.82, 2.24) is 9.88 Å². The highest BCUT2D eigenvalue weighted by molar-refractivity contribution is 7.99. The van der Waals surface area contributed by atoms with E-state index in [9.17, 15) is 14.4 Å². The average Bonchev–Trinajstić information content (AvgIpc) is 3.25. The zero-order chi connectivity index (χ0) is 18.3. The van der Waals surface area contributed by atoms with Crippen LogP contribution in [-0.4, -0.2) is 51.8 Å². The Kier molecular flexibility index (Phi) is 4.60. The van der Waals surface area contributed by atoms with Gasteiger partial charge in [-0.15, -0.1) is 11.3 Å². The number of amides is 4. The molecule has 10 heteroatoms. The minimum atomic E-state index is -0.429. The number of carbonyl (C=O) groups excluding carboxylic acids is 3. The van der Waals surface area contributed by atoms with Crippen LogP contribution in [0.25, 0.3) is 0 Å². The third-order valence-corrected chi connectivity index (χ3v) is 6.09. The predicted molar refractivity (Wildman–Crippen MR) is 102 cm³/mol. The number of urea groups is 1. The van der Waals surface area contributed by atoms with Gasteiger partial charge in [-0.3, -0.25) is 9.59 Å². The fraction of sp³-hybridized carbons (Fsp3) is 0.250. The Morgan fingerprint density at radius 1 is 1.35 bits per heavy atom. The van der Waals surface area contributed by atoms with Crippen LogP contribution < -0.4 is 10.2 Å². The van der Waals surface area contributed by atoms with Crippen molar-refractivity contribution in [3.05, 3.63) is 39.8 Å². The maximum absolute atomic E-state index is 12.6. The monoisotopic (exact) mass is 408 g/mol. The fourth-order valence-corrected chi connectivity index (χ4v) is 4.75. The molecule has 0 saturated carbocycles. The Hall–Kier alpha value is -2.10. The maximum atomic E-state index is 12.6. The van der Waals surface area contributed by atoms with E-state index in [-0.39, 0.29) is 22.9 Å². The molecule has 1 aromatic heterocycles. The molecular weight excluding hydrogens is 396 g/mol. The molecule has 0 radical (unpaired) electrons. The summed E-state index contributed by atoms with van der Waals surface area (Å²) in [5.41, 5.74) is 2.68. The maximum Gasteiger partial charge on any atom is 0.332 e. The first-order chi connectivity index (χ1) is 12.6. The number of thiazole rings is 1. The Labute approximate surface area is 162 Å². The quantitative estimate of drug-likeness (QED) is 0.789. The van der Waals surface area contributed by atoms with E-state index in [1.54, 1.807) is 39.7 Å². The normalized spacial score (nSPS) is 19.7. The lowest BCUT2D eigenvalue weighted by molar-refractivity contribution is -0.119. The van der Waals surface area contributed by atoms with Crippen LogP contribution in [0.4, 0.5) is 16.2 Å². The van der Waals surface area contributed by atoms with Gasteiger partial charge < -0.3 is 10.2 Å². The number of rotatable bonds is 3. The van der Waals surface area contributed by atoms with Gasteiger partial charge in [-0.25, -0.2) is 14.7 Å². The highest BCUT2D eigenvalue weighted by Crippen LogP contribution is 2.35. The summed E-state index contributed by atoms with van der Waals surface area (Å²) in [5, 5.41) is 4.55. The van der Waals surface area contributed by atoms with E-state index < -0.39 is 6.04 Å². The number of thioether (sulfide) groups is 1. The number of fused-ring (bicyclic) bond motifs is 1. The lowest BCUT2D eigenvalue weighted by Crippen LogP contribution is -2.41. The Morgan fingerprint density at radius 3 is 2.88 bits per heavy atom. The van der Waals surface area contributed by atoms with Crippen molar-refractivity contribution in [2.24, 2.45) is 0 Å². The second kappa shape index (κ2) is 6.90. The highest BCUT2D eigenvalue weighted by atomic mass is 35.5. The van der Waals surface area contributed by atoms with Gasteiger partial charge in [0.1, 0.15) is 11.7 Å². The average molecular weight is 409 g/mol. The summed E-state index contributed by atoms with van der Waals surface area (Å²) in [5.74, 6) is 0.806. The third kappa shape index (κ3) is 2.95. The molecule has 134 valence electrons. The number of hydrogen-bond donors (Lipinski definition) is 1. The van der Waals surface area contributed by atoms with Crippen molar-refractivity contribution in [2.75, 3.05) is 28.3 Å². The zero-order valence-corrected chi connectivity index (χ0v) is 15.7. The van der Waals surface area contributed by atoms with Crippen molar-refractivity contribution in [2.45, 2.75) is 6.04 Å². The molecule has 7 nitrogen and oxygen atoms in total. The number of carbonyl (C=O) groups is 3. The second-order valence-electron chi connectivity index (χ2n) is 5.73. The molecule has 2 aliphatic heterocycles. The van der Waals surface area contributed by atoms with E-state index in [2.05, 4.69) is 10.3 Å². The van der Waals surface area contributed by atoms with Gasteiger partial charge in [0.05, 0.1) is 16.2 Å². The molecule has 1 N–H and O–H groups in total. The lowest BCUT2D eigenvalue weighted by atomic mass is 10.2. The minimum Gasteiger partial charge on any atom is -0.321 e. The second-order valence-corrected chi connectivity index (χ2v) is 8.01. The molecule has 4 rings (SSSR count). The van der Waals surface area contributed by atoms with E-state index in [0.717, 1.165) is 10.7 Å². The van der Waals surface area contributed by atoms with Crippen LogP contribution in [0.5, 0.6) is 0 Å². The smallest absolute Gasteiger partial charge is 0.321 e. The molecule has 0 spiro atoms. The minimum absolute atomic E-state index is 0.218. The van der Waals surface area contributed by atoms with Crippen LogP contribution in [0.3, 0.4) is 0 Å². The van der Waals surface area contributed by atoms with Crippen LogP contribution >= 0.6 is 34.7 Å².